The molecule has 2 heterocycles. The molecule has 28 heavy (non-hydrogen) atoms. The van der Waals surface area contributed by atoms with Crippen LogP contribution in [0.25, 0.3) is 0 Å². The summed E-state index contributed by atoms with van der Waals surface area (Å²) in [6, 6.07) is 0. The van der Waals surface area contributed by atoms with Gasteiger partial charge < -0.3 is 9.30 Å². The predicted molar refractivity (Wildman–Crippen MR) is 107 cm³/mol. The number of carbonyl (C=O) groups is 1. The number of nitrogens with zero attached hydrogens (tertiary/aromatic N) is 3. The van der Waals surface area contributed by atoms with Crippen molar-refractivity contribution in [3.63, 3.8) is 0 Å². The molecule has 1 atom stereocenters. The highest BCUT2D eigenvalue weighted by atomic mass is 32.2. The lowest BCUT2D eigenvalue weighted by molar-refractivity contribution is -0.122. The number of likely N-dealkylation sites (tertiary alicyclic amines) is 1. The Labute approximate surface area is 168 Å². The molecule has 0 N–H and O–H groups in total. The van der Waals surface area contributed by atoms with Gasteiger partial charge in [-0.05, 0) is 45.6 Å². The van der Waals surface area contributed by atoms with Gasteiger partial charge in [-0.3, -0.25) is 9.69 Å². The minimum atomic E-state index is -3.41. The maximum absolute atomic E-state index is 13.2. The normalized spacial score (nSPS) is 22.0. The van der Waals surface area contributed by atoms with Gasteiger partial charge in [-0.1, -0.05) is 12.8 Å². The van der Waals surface area contributed by atoms with Crippen LogP contribution < -0.4 is 0 Å². The maximum Gasteiger partial charge on any atom is 0.228 e. The fourth-order valence-electron chi connectivity index (χ4n) is 4.46. The number of aromatic nitrogens is 2. The first-order valence-electron chi connectivity index (χ1n) is 10.4. The number of ether oxygens (including phenoxy) is 1. The van der Waals surface area contributed by atoms with Gasteiger partial charge in [0.25, 0.3) is 0 Å². The second-order valence-corrected chi connectivity index (χ2v) is 10.3. The number of sulfone groups is 1. The van der Waals surface area contributed by atoms with Crippen LogP contribution in [0.15, 0.2) is 11.4 Å². The molecular formula is C20H33N3O4S. The zero-order valence-electron chi connectivity index (χ0n) is 17.1. The fraction of sp³-hybridized carbons (Fsp3) is 0.800. The smallest absolute Gasteiger partial charge is 0.228 e. The van der Waals surface area contributed by atoms with E-state index in [1.165, 1.54) is 0 Å². The Morgan fingerprint density at radius 2 is 2.00 bits per heavy atom. The summed E-state index contributed by atoms with van der Waals surface area (Å²) in [5, 5.41) is -0.0911. The summed E-state index contributed by atoms with van der Waals surface area (Å²) in [4.78, 5) is 18.4. The quantitative estimate of drug-likeness (QED) is 0.581. The number of ketones is 1. The molecule has 1 aliphatic carbocycles. The van der Waals surface area contributed by atoms with E-state index in [0.717, 1.165) is 63.7 Å². The van der Waals surface area contributed by atoms with Gasteiger partial charge >= 0.3 is 0 Å². The standard InChI is InChI=1S/C20H33N3O4S/c1-16(24)17-7-5-10-22(14-17)15-18-13-21-20(23(18)11-6-12-27-2)28(25,26)19-8-3-4-9-19/h13,17,19H,3-12,14-15H2,1-2H3/t17-/m0/s1. The summed E-state index contributed by atoms with van der Waals surface area (Å²) in [7, 11) is -1.76. The SMILES string of the molecule is COCCCn1c(CN2CCC[C@H](C(C)=O)C2)cnc1S(=O)(=O)C1CCCC1. The summed E-state index contributed by atoms with van der Waals surface area (Å²) in [5.41, 5.74) is 0.914. The van der Waals surface area contributed by atoms with E-state index in [0.29, 0.717) is 19.7 Å². The van der Waals surface area contributed by atoms with E-state index < -0.39 is 9.84 Å². The average molecular weight is 412 g/mol. The number of imidazole rings is 1. The van der Waals surface area contributed by atoms with E-state index in [-0.39, 0.29) is 22.1 Å². The van der Waals surface area contributed by atoms with Crippen molar-refractivity contribution in [3.05, 3.63) is 11.9 Å². The lowest BCUT2D eigenvalue weighted by Gasteiger charge is -2.31. The third-order valence-corrected chi connectivity index (χ3v) is 8.28. The molecule has 1 saturated carbocycles. The molecule has 7 nitrogen and oxygen atoms in total. The van der Waals surface area contributed by atoms with Crippen LogP contribution in [0, 0.1) is 5.92 Å². The maximum atomic E-state index is 13.2. The van der Waals surface area contributed by atoms with Crippen molar-refractivity contribution < 1.29 is 17.9 Å². The number of hydrogen-bond acceptors (Lipinski definition) is 6. The van der Waals surface area contributed by atoms with Crippen molar-refractivity contribution >= 4 is 15.6 Å². The third-order valence-electron chi connectivity index (χ3n) is 6.09. The Morgan fingerprint density at radius 3 is 2.68 bits per heavy atom. The number of carbonyl (C=O) groups excluding carboxylic acids is 1. The summed E-state index contributed by atoms with van der Waals surface area (Å²) in [6.45, 7) is 5.12. The molecule has 1 aliphatic heterocycles. The summed E-state index contributed by atoms with van der Waals surface area (Å²) in [5.74, 6) is 0.322. The molecule has 1 aromatic heterocycles. The van der Waals surface area contributed by atoms with Crippen molar-refractivity contribution in [2.45, 2.75) is 75.4 Å². The van der Waals surface area contributed by atoms with Crippen LogP contribution in [0.1, 0.15) is 57.6 Å². The monoisotopic (exact) mass is 411 g/mol. The zero-order valence-corrected chi connectivity index (χ0v) is 17.9. The van der Waals surface area contributed by atoms with Crippen LogP contribution >= 0.6 is 0 Å². The molecule has 0 unspecified atom stereocenters. The molecule has 0 radical (unpaired) electrons. The first kappa shape index (κ1) is 21.5. The van der Waals surface area contributed by atoms with Crippen LogP contribution in [-0.2, 0) is 32.5 Å². The second kappa shape index (κ2) is 9.50. The van der Waals surface area contributed by atoms with Crippen LogP contribution in [0.4, 0.5) is 0 Å². The van der Waals surface area contributed by atoms with Gasteiger partial charge in [0.05, 0.1) is 17.1 Å². The van der Waals surface area contributed by atoms with Crippen LogP contribution in [0.2, 0.25) is 0 Å². The summed E-state index contributed by atoms with van der Waals surface area (Å²) >= 11 is 0. The highest BCUT2D eigenvalue weighted by Gasteiger charge is 2.34. The Balaban J connectivity index is 1.82. The van der Waals surface area contributed by atoms with Crippen molar-refractivity contribution in [3.8, 4) is 0 Å². The van der Waals surface area contributed by atoms with E-state index in [4.69, 9.17) is 4.74 Å². The minimum absolute atomic E-state index is 0.0836. The topological polar surface area (TPSA) is 81.5 Å². The number of rotatable bonds is 9. The summed E-state index contributed by atoms with van der Waals surface area (Å²) < 4.78 is 33.4. The van der Waals surface area contributed by atoms with E-state index in [9.17, 15) is 13.2 Å². The van der Waals surface area contributed by atoms with Gasteiger partial charge in [-0.2, -0.15) is 0 Å². The molecule has 1 aromatic rings. The van der Waals surface area contributed by atoms with Crippen LogP contribution in [0.3, 0.4) is 0 Å². The van der Waals surface area contributed by atoms with Crippen molar-refractivity contribution in [1.82, 2.24) is 14.5 Å². The number of Topliss-reactive ketones (excluding diaryl/α,β-unsaturated/α-hetero) is 1. The highest BCUT2D eigenvalue weighted by Crippen LogP contribution is 2.30. The van der Waals surface area contributed by atoms with Gasteiger partial charge in [0, 0.05) is 39.3 Å². The Kier molecular flexibility index (Phi) is 7.28. The second-order valence-electron chi connectivity index (χ2n) is 8.17. The van der Waals surface area contributed by atoms with E-state index in [1.54, 1.807) is 20.2 Å². The Bertz CT molecular complexity index is 768. The van der Waals surface area contributed by atoms with Crippen LogP contribution in [0.5, 0.6) is 0 Å². The first-order chi connectivity index (χ1) is 13.4. The molecular weight excluding hydrogens is 378 g/mol. The van der Waals surface area contributed by atoms with Crippen LogP contribution in [-0.4, -0.2) is 60.7 Å². The number of hydrogen-bond donors (Lipinski definition) is 0. The lowest BCUT2D eigenvalue weighted by Crippen LogP contribution is -2.38. The average Bonchev–Trinajstić information content (AvgIpc) is 3.33. The zero-order chi connectivity index (χ0) is 20.1. The molecule has 0 bridgehead atoms. The number of methoxy groups -OCH3 is 1. The predicted octanol–water partition coefficient (Wildman–Crippen LogP) is 2.44. The van der Waals surface area contributed by atoms with E-state index >= 15 is 0 Å². The van der Waals surface area contributed by atoms with E-state index in [1.807, 2.05) is 4.57 Å². The molecule has 2 fully saturated rings. The van der Waals surface area contributed by atoms with Gasteiger partial charge in [-0.25, -0.2) is 13.4 Å². The molecule has 3 rings (SSSR count). The van der Waals surface area contributed by atoms with Crippen molar-refractivity contribution in [2.24, 2.45) is 5.92 Å². The largest absolute Gasteiger partial charge is 0.385 e. The fourth-order valence-corrected chi connectivity index (χ4v) is 6.43. The minimum Gasteiger partial charge on any atom is -0.385 e. The van der Waals surface area contributed by atoms with Crippen molar-refractivity contribution in [1.29, 1.82) is 0 Å². The summed E-state index contributed by atoms with van der Waals surface area (Å²) in [6.07, 6.45) is 7.80. The third kappa shape index (κ3) is 4.83. The Morgan fingerprint density at radius 1 is 1.25 bits per heavy atom. The van der Waals surface area contributed by atoms with Gasteiger partial charge in [0.15, 0.2) is 0 Å². The molecule has 1 saturated heterocycles. The molecule has 158 valence electrons. The molecule has 2 aliphatic rings. The van der Waals surface area contributed by atoms with Gasteiger partial charge in [0.2, 0.25) is 15.0 Å². The van der Waals surface area contributed by atoms with Gasteiger partial charge in [0.1, 0.15) is 5.78 Å². The molecule has 0 spiro atoms. The first-order valence-corrected chi connectivity index (χ1v) is 12.0. The van der Waals surface area contributed by atoms with Crippen molar-refractivity contribution in [2.75, 3.05) is 26.8 Å². The van der Waals surface area contributed by atoms with E-state index in [2.05, 4.69) is 9.88 Å². The highest BCUT2D eigenvalue weighted by molar-refractivity contribution is 7.91. The number of piperidine rings is 1. The molecule has 8 heteroatoms. The molecule has 0 aromatic carbocycles. The van der Waals surface area contributed by atoms with Gasteiger partial charge in [-0.15, -0.1) is 0 Å². The lowest BCUT2D eigenvalue weighted by atomic mass is 9.94. The molecule has 0 amide bonds. The Hall–Kier alpha value is -1.25.